The van der Waals surface area contributed by atoms with Crippen LogP contribution in [0.2, 0.25) is 0 Å². The van der Waals surface area contributed by atoms with E-state index in [4.69, 9.17) is 0 Å². The van der Waals surface area contributed by atoms with Gasteiger partial charge < -0.3 is 0 Å². The number of hydrogen-bond acceptors (Lipinski definition) is 2. The molecule has 0 aromatic rings. The molecule has 2 aliphatic carbocycles. The van der Waals surface area contributed by atoms with Gasteiger partial charge in [0, 0.05) is 24.2 Å². The molecule has 0 bridgehead atoms. The summed E-state index contributed by atoms with van der Waals surface area (Å²) < 4.78 is 0. The standard InChI is InChI=1S/C18H28O2/c1-11(2)9-16(18(20)14-7-8-14)15(12(3)4)10-17(19)13-5-6-13/h9,12-16H,5-8,10H2,1-4H3. The lowest BCUT2D eigenvalue weighted by atomic mass is 9.75. The molecular weight excluding hydrogens is 248 g/mol. The van der Waals surface area contributed by atoms with E-state index in [9.17, 15) is 9.59 Å². The Morgan fingerprint density at radius 1 is 1.05 bits per heavy atom. The topological polar surface area (TPSA) is 34.1 Å². The van der Waals surface area contributed by atoms with Crippen LogP contribution < -0.4 is 0 Å². The predicted octanol–water partition coefficient (Wildman–Crippen LogP) is 4.19. The van der Waals surface area contributed by atoms with Crippen LogP contribution in [-0.4, -0.2) is 11.6 Å². The summed E-state index contributed by atoms with van der Waals surface area (Å²) >= 11 is 0. The average molecular weight is 276 g/mol. The summed E-state index contributed by atoms with van der Waals surface area (Å²) in [5.74, 6) is 1.86. The van der Waals surface area contributed by atoms with Crippen molar-refractivity contribution in [2.75, 3.05) is 0 Å². The highest BCUT2D eigenvalue weighted by Gasteiger charge is 2.40. The van der Waals surface area contributed by atoms with Gasteiger partial charge in [0.05, 0.1) is 0 Å². The maximum atomic E-state index is 12.6. The third-order valence-corrected chi connectivity index (χ3v) is 4.61. The van der Waals surface area contributed by atoms with Gasteiger partial charge in [-0.1, -0.05) is 25.5 Å². The molecule has 112 valence electrons. The van der Waals surface area contributed by atoms with Crippen molar-refractivity contribution in [1.82, 2.24) is 0 Å². The molecule has 2 nitrogen and oxygen atoms in total. The highest BCUT2D eigenvalue weighted by Crippen LogP contribution is 2.40. The van der Waals surface area contributed by atoms with Crippen LogP contribution in [0.5, 0.6) is 0 Å². The van der Waals surface area contributed by atoms with Gasteiger partial charge >= 0.3 is 0 Å². The summed E-state index contributed by atoms with van der Waals surface area (Å²) in [6, 6.07) is 0. The smallest absolute Gasteiger partial charge is 0.143 e. The minimum Gasteiger partial charge on any atom is -0.299 e. The number of ketones is 2. The second kappa shape index (κ2) is 6.24. The van der Waals surface area contributed by atoms with Gasteiger partial charge in [-0.3, -0.25) is 9.59 Å². The highest BCUT2D eigenvalue weighted by molar-refractivity contribution is 5.89. The molecule has 0 N–H and O–H groups in total. The van der Waals surface area contributed by atoms with Gasteiger partial charge in [0.15, 0.2) is 0 Å². The Kier molecular flexibility index (Phi) is 4.82. The molecule has 2 heteroatoms. The third-order valence-electron chi connectivity index (χ3n) is 4.61. The Hall–Kier alpha value is -0.920. The van der Waals surface area contributed by atoms with Crippen molar-refractivity contribution >= 4 is 11.6 Å². The van der Waals surface area contributed by atoms with Crippen LogP contribution in [-0.2, 0) is 9.59 Å². The van der Waals surface area contributed by atoms with Crippen molar-refractivity contribution < 1.29 is 9.59 Å². The molecule has 2 atom stereocenters. The van der Waals surface area contributed by atoms with E-state index in [1.54, 1.807) is 0 Å². The van der Waals surface area contributed by atoms with Gasteiger partial charge in [-0.15, -0.1) is 0 Å². The fourth-order valence-corrected chi connectivity index (χ4v) is 3.00. The zero-order chi connectivity index (χ0) is 14.9. The molecule has 0 spiro atoms. The minimum absolute atomic E-state index is 0.0461. The first kappa shape index (κ1) is 15.5. The Labute approximate surface area is 123 Å². The summed E-state index contributed by atoms with van der Waals surface area (Å²) in [6.45, 7) is 8.40. The molecule has 2 rings (SSSR count). The van der Waals surface area contributed by atoms with Gasteiger partial charge in [-0.25, -0.2) is 0 Å². The van der Waals surface area contributed by atoms with Gasteiger partial charge in [-0.2, -0.15) is 0 Å². The van der Waals surface area contributed by atoms with Crippen molar-refractivity contribution in [1.29, 1.82) is 0 Å². The third kappa shape index (κ3) is 4.04. The first-order valence-electron chi connectivity index (χ1n) is 8.11. The monoisotopic (exact) mass is 276 g/mol. The summed E-state index contributed by atoms with van der Waals surface area (Å²) in [6.07, 6.45) is 6.93. The molecule has 0 amide bonds. The van der Waals surface area contributed by atoms with Gasteiger partial charge in [-0.05, 0) is 51.4 Å². The van der Waals surface area contributed by atoms with E-state index >= 15 is 0 Å². The molecule has 0 radical (unpaired) electrons. The SMILES string of the molecule is CC(C)=CC(C(=O)C1CC1)C(CC(=O)C1CC1)C(C)C. The van der Waals surface area contributed by atoms with Crippen molar-refractivity contribution in [2.45, 2.75) is 59.8 Å². The zero-order valence-electron chi connectivity index (χ0n) is 13.3. The van der Waals surface area contributed by atoms with Crippen molar-refractivity contribution in [2.24, 2.45) is 29.6 Å². The molecule has 2 saturated carbocycles. The van der Waals surface area contributed by atoms with Crippen molar-refractivity contribution in [3.8, 4) is 0 Å². The Bertz CT molecular complexity index is 407. The average Bonchev–Trinajstić information content (AvgIpc) is 3.23. The van der Waals surface area contributed by atoms with E-state index in [0.717, 1.165) is 25.7 Å². The van der Waals surface area contributed by atoms with Crippen LogP contribution >= 0.6 is 0 Å². The molecule has 2 aliphatic rings. The number of Topliss-reactive ketones (excluding diaryl/α,β-unsaturated/α-hetero) is 2. The maximum absolute atomic E-state index is 12.6. The number of carbonyl (C=O) groups is 2. The Morgan fingerprint density at radius 3 is 2.00 bits per heavy atom. The second-order valence-corrected chi connectivity index (χ2v) is 7.30. The van der Waals surface area contributed by atoms with E-state index in [1.165, 1.54) is 5.57 Å². The first-order chi connectivity index (χ1) is 9.40. The number of hydrogen-bond donors (Lipinski definition) is 0. The van der Waals surface area contributed by atoms with Crippen molar-refractivity contribution in [3.63, 3.8) is 0 Å². The fourth-order valence-electron chi connectivity index (χ4n) is 3.00. The lowest BCUT2D eigenvalue weighted by Gasteiger charge is -2.27. The molecule has 2 fully saturated rings. The summed E-state index contributed by atoms with van der Waals surface area (Å²) in [5, 5.41) is 0. The lowest BCUT2D eigenvalue weighted by Crippen LogP contribution is -2.30. The Balaban J connectivity index is 2.13. The first-order valence-corrected chi connectivity index (χ1v) is 8.11. The van der Waals surface area contributed by atoms with Crippen LogP contribution in [0.1, 0.15) is 59.8 Å². The molecule has 0 heterocycles. The quantitative estimate of drug-likeness (QED) is 0.623. The number of carbonyl (C=O) groups excluding carboxylic acids is 2. The predicted molar refractivity (Wildman–Crippen MR) is 81.3 cm³/mol. The Morgan fingerprint density at radius 2 is 1.60 bits per heavy atom. The molecule has 0 aliphatic heterocycles. The largest absolute Gasteiger partial charge is 0.299 e. The van der Waals surface area contributed by atoms with Gasteiger partial charge in [0.1, 0.15) is 11.6 Å². The maximum Gasteiger partial charge on any atom is 0.143 e. The van der Waals surface area contributed by atoms with E-state index < -0.39 is 0 Å². The fraction of sp³-hybridized carbons (Fsp3) is 0.778. The van der Waals surface area contributed by atoms with Crippen LogP contribution in [0.4, 0.5) is 0 Å². The summed E-state index contributed by atoms with van der Waals surface area (Å²) in [5.41, 5.74) is 1.19. The molecule has 0 saturated heterocycles. The summed E-state index contributed by atoms with van der Waals surface area (Å²) in [7, 11) is 0. The number of allylic oxidation sites excluding steroid dienone is 2. The molecule has 20 heavy (non-hydrogen) atoms. The second-order valence-electron chi connectivity index (χ2n) is 7.30. The van der Waals surface area contributed by atoms with Crippen LogP contribution in [0.25, 0.3) is 0 Å². The molecular formula is C18H28O2. The minimum atomic E-state index is -0.0461. The van der Waals surface area contributed by atoms with E-state index in [0.29, 0.717) is 29.8 Å². The zero-order valence-corrected chi connectivity index (χ0v) is 13.3. The van der Waals surface area contributed by atoms with Gasteiger partial charge in [0.25, 0.3) is 0 Å². The van der Waals surface area contributed by atoms with E-state index in [1.807, 2.05) is 13.8 Å². The summed E-state index contributed by atoms with van der Waals surface area (Å²) in [4.78, 5) is 24.8. The van der Waals surface area contributed by atoms with E-state index in [2.05, 4.69) is 19.9 Å². The molecule has 0 aromatic carbocycles. The van der Waals surface area contributed by atoms with Crippen LogP contribution in [0, 0.1) is 29.6 Å². The van der Waals surface area contributed by atoms with Crippen LogP contribution in [0.3, 0.4) is 0 Å². The number of rotatable bonds is 8. The normalized spacial score (nSPS) is 21.4. The lowest BCUT2D eigenvalue weighted by molar-refractivity contribution is -0.126. The van der Waals surface area contributed by atoms with Gasteiger partial charge in [0.2, 0.25) is 0 Å². The van der Waals surface area contributed by atoms with Crippen molar-refractivity contribution in [3.05, 3.63) is 11.6 Å². The van der Waals surface area contributed by atoms with E-state index in [-0.39, 0.29) is 17.8 Å². The van der Waals surface area contributed by atoms with Crippen LogP contribution in [0.15, 0.2) is 11.6 Å². The molecule has 2 unspecified atom stereocenters. The molecule has 0 aromatic heterocycles. The highest BCUT2D eigenvalue weighted by atomic mass is 16.1.